The Balaban J connectivity index is 2.13. The Labute approximate surface area is 121 Å². The molecule has 0 spiro atoms. The normalized spacial score (nSPS) is 28.1. The average molecular weight is 288 g/mol. The molecule has 0 amide bonds. The van der Waals surface area contributed by atoms with Crippen molar-refractivity contribution in [1.29, 1.82) is 0 Å². The summed E-state index contributed by atoms with van der Waals surface area (Å²) in [7, 11) is 1.61. The zero-order chi connectivity index (χ0) is 15.0. The number of nitro benzene ring substituents is 1. The van der Waals surface area contributed by atoms with Crippen LogP contribution < -0.4 is 5.32 Å². The Hall–Kier alpha value is -2.05. The van der Waals surface area contributed by atoms with Gasteiger partial charge < -0.3 is 10.1 Å². The lowest BCUT2D eigenvalue weighted by atomic mass is 9.79. The first-order chi connectivity index (χ1) is 10.1. The predicted octanol–water partition coefficient (Wildman–Crippen LogP) is 1.70. The van der Waals surface area contributed by atoms with Gasteiger partial charge in [0.05, 0.1) is 10.5 Å². The van der Waals surface area contributed by atoms with E-state index in [0.29, 0.717) is 17.6 Å². The number of Topliss-reactive ketones (excluding diaryl/α,β-unsaturated/α-hetero) is 1. The van der Waals surface area contributed by atoms with Gasteiger partial charge in [0.25, 0.3) is 5.69 Å². The molecule has 0 unspecified atom stereocenters. The second kappa shape index (κ2) is 5.05. The standard InChI is InChI=1S/C15H16N2O4/c1-21-15-6-7-16-14(15)8-13(18)11(9-15)10-4-2-3-5-12(10)17(19)20/h2-5,9,14,16H,6-8H2,1H3/t14-,15-/m0/s1. The number of benzene rings is 1. The highest BCUT2D eigenvalue weighted by Crippen LogP contribution is 2.39. The van der Waals surface area contributed by atoms with E-state index in [9.17, 15) is 14.9 Å². The molecule has 0 bridgehead atoms. The molecule has 2 aliphatic rings. The van der Waals surface area contributed by atoms with E-state index in [4.69, 9.17) is 4.74 Å². The molecule has 6 heteroatoms. The van der Waals surface area contributed by atoms with Crippen LogP contribution >= 0.6 is 0 Å². The first kappa shape index (κ1) is 13.9. The van der Waals surface area contributed by atoms with E-state index in [0.717, 1.165) is 13.0 Å². The number of ketones is 1. The van der Waals surface area contributed by atoms with Crippen molar-refractivity contribution in [2.45, 2.75) is 24.5 Å². The van der Waals surface area contributed by atoms with Crippen LogP contribution in [0, 0.1) is 10.1 Å². The molecular formula is C15H16N2O4. The zero-order valence-electron chi connectivity index (χ0n) is 11.7. The number of ether oxygens (including phenoxy) is 1. The first-order valence-electron chi connectivity index (χ1n) is 6.86. The lowest BCUT2D eigenvalue weighted by Crippen LogP contribution is -2.47. The van der Waals surface area contributed by atoms with Gasteiger partial charge in [-0.3, -0.25) is 14.9 Å². The molecular weight excluding hydrogens is 272 g/mol. The molecule has 3 rings (SSSR count). The van der Waals surface area contributed by atoms with Gasteiger partial charge in [0.1, 0.15) is 5.60 Å². The third-order valence-electron chi connectivity index (χ3n) is 4.35. The highest BCUT2D eigenvalue weighted by Gasteiger charge is 2.47. The smallest absolute Gasteiger partial charge is 0.277 e. The topological polar surface area (TPSA) is 81.5 Å². The predicted molar refractivity (Wildman–Crippen MR) is 76.8 cm³/mol. The summed E-state index contributed by atoms with van der Waals surface area (Å²) in [6.07, 6.45) is 2.82. The van der Waals surface area contributed by atoms with Gasteiger partial charge in [-0.1, -0.05) is 12.1 Å². The van der Waals surface area contributed by atoms with Crippen LogP contribution in [0.3, 0.4) is 0 Å². The van der Waals surface area contributed by atoms with Gasteiger partial charge in [0.15, 0.2) is 5.78 Å². The fourth-order valence-corrected chi connectivity index (χ4v) is 3.22. The van der Waals surface area contributed by atoms with Gasteiger partial charge in [-0.2, -0.15) is 0 Å². The molecule has 1 aliphatic carbocycles. The van der Waals surface area contributed by atoms with Crippen molar-refractivity contribution in [2.24, 2.45) is 0 Å². The zero-order valence-corrected chi connectivity index (χ0v) is 11.7. The van der Waals surface area contributed by atoms with Crippen molar-refractivity contribution < 1.29 is 14.5 Å². The number of nitrogens with one attached hydrogen (secondary N) is 1. The molecule has 0 radical (unpaired) electrons. The van der Waals surface area contributed by atoms with E-state index >= 15 is 0 Å². The average Bonchev–Trinajstić information content (AvgIpc) is 2.89. The third-order valence-corrected chi connectivity index (χ3v) is 4.35. The highest BCUT2D eigenvalue weighted by atomic mass is 16.6. The van der Waals surface area contributed by atoms with Crippen molar-refractivity contribution in [3.63, 3.8) is 0 Å². The third kappa shape index (κ3) is 2.16. The highest BCUT2D eigenvalue weighted by molar-refractivity contribution is 6.23. The minimum atomic E-state index is -0.549. The molecule has 1 aromatic rings. The molecule has 1 fully saturated rings. The summed E-state index contributed by atoms with van der Waals surface area (Å²) in [5.41, 5.74) is 0.165. The summed E-state index contributed by atoms with van der Waals surface area (Å²) in [5, 5.41) is 14.4. The molecule has 1 aliphatic heterocycles. The molecule has 2 atom stereocenters. The number of hydrogen-bond acceptors (Lipinski definition) is 5. The molecule has 1 N–H and O–H groups in total. The Kier molecular flexibility index (Phi) is 3.35. The van der Waals surface area contributed by atoms with Crippen LogP contribution in [-0.2, 0) is 9.53 Å². The number of fused-ring (bicyclic) bond motifs is 1. The molecule has 0 saturated carbocycles. The van der Waals surface area contributed by atoms with Crippen LogP contribution in [0.4, 0.5) is 5.69 Å². The van der Waals surface area contributed by atoms with E-state index in [-0.39, 0.29) is 17.5 Å². The van der Waals surface area contributed by atoms with E-state index in [1.165, 1.54) is 6.07 Å². The summed E-state index contributed by atoms with van der Waals surface area (Å²) in [6, 6.07) is 6.29. The Bertz CT molecular complexity index is 640. The van der Waals surface area contributed by atoms with E-state index in [2.05, 4.69) is 5.32 Å². The molecule has 1 heterocycles. The summed E-state index contributed by atoms with van der Waals surface area (Å²) in [6.45, 7) is 0.770. The second-order valence-electron chi connectivity index (χ2n) is 5.38. The Morgan fingerprint density at radius 3 is 2.90 bits per heavy atom. The number of methoxy groups -OCH3 is 1. The summed E-state index contributed by atoms with van der Waals surface area (Å²) < 4.78 is 5.64. The van der Waals surface area contributed by atoms with Crippen molar-refractivity contribution in [1.82, 2.24) is 5.32 Å². The monoisotopic (exact) mass is 288 g/mol. The summed E-state index contributed by atoms with van der Waals surface area (Å²) >= 11 is 0. The maximum absolute atomic E-state index is 12.4. The maximum atomic E-state index is 12.4. The number of rotatable bonds is 3. The minimum Gasteiger partial charge on any atom is -0.372 e. The number of allylic oxidation sites excluding steroid dienone is 1. The van der Waals surface area contributed by atoms with Gasteiger partial charge >= 0.3 is 0 Å². The first-order valence-corrected chi connectivity index (χ1v) is 6.86. The number of carbonyl (C=O) groups is 1. The van der Waals surface area contributed by atoms with E-state index in [1.54, 1.807) is 31.4 Å². The second-order valence-corrected chi connectivity index (χ2v) is 5.38. The SMILES string of the molecule is CO[C@@]12C=C(c3ccccc3[N+](=O)[O-])C(=O)C[C@@H]1NCC2. The van der Waals surface area contributed by atoms with Crippen molar-refractivity contribution in [3.8, 4) is 0 Å². The number of nitrogens with zero attached hydrogens (tertiary/aromatic N) is 1. The van der Waals surface area contributed by atoms with Crippen molar-refractivity contribution in [2.75, 3.05) is 13.7 Å². The van der Waals surface area contributed by atoms with Gasteiger partial charge in [-0.25, -0.2) is 0 Å². The number of hydrogen-bond donors (Lipinski definition) is 1. The molecule has 1 saturated heterocycles. The van der Waals surface area contributed by atoms with Crippen LogP contribution in [0.5, 0.6) is 0 Å². The number of nitro groups is 1. The van der Waals surface area contributed by atoms with Crippen LogP contribution in [0.2, 0.25) is 0 Å². The van der Waals surface area contributed by atoms with Crippen LogP contribution in [0.15, 0.2) is 30.3 Å². The number of carbonyl (C=O) groups excluding carboxylic acids is 1. The van der Waals surface area contributed by atoms with Gasteiger partial charge in [0, 0.05) is 31.2 Å². The summed E-state index contributed by atoms with van der Waals surface area (Å²) in [4.78, 5) is 23.1. The Morgan fingerprint density at radius 1 is 1.43 bits per heavy atom. The van der Waals surface area contributed by atoms with Crippen LogP contribution in [0.25, 0.3) is 5.57 Å². The summed E-state index contributed by atoms with van der Waals surface area (Å²) in [5.74, 6) is -0.0867. The molecule has 1 aromatic carbocycles. The number of para-hydroxylation sites is 1. The van der Waals surface area contributed by atoms with Crippen molar-refractivity contribution >= 4 is 17.0 Å². The molecule has 110 valence electrons. The van der Waals surface area contributed by atoms with Gasteiger partial charge in [-0.05, 0) is 25.1 Å². The molecule has 6 nitrogen and oxygen atoms in total. The van der Waals surface area contributed by atoms with Crippen LogP contribution in [0.1, 0.15) is 18.4 Å². The quantitative estimate of drug-likeness (QED) is 0.676. The fraction of sp³-hybridized carbons (Fsp3) is 0.400. The Morgan fingerprint density at radius 2 is 2.19 bits per heavy atom. The fourth-order valence-electron chi connectivity index (χ4n) is 3.22. The van der Waals surface area contributed by atoms with E-state index in [1.807, 2.05) is 0 Å². The van der Waals surface area contributed by atoms with Crippen LogP contribution in [-0.4, -0.2) is 36.0 Å². The lowest BCUT2D eigenvalue weighted by Gasteiger charge is -2.35. The van der Waals surface area contributed by atoms with Gasteiger partial charge in [-0.15, -0.1) is 0 Å². The largest absolute Gasteiger partial charge is 0.372 e. The molecule has 21 heavy (non-hydrogen) atoms. The molecule has 0 aromatic heterocycles. The van der Waals surface area contributed by atoms with Gasteiger partial charge in [0.2, 0.25) is 0 Å². The lowest BCUT2D eigenvalue weighted by molar-refractivity contribution is -0.385. The maximum Gasteiger partial charge on any atom is 0.277 e. The van der Waals surface area contributed by atoms with E-state index < -0.39 is 10.5 Å². The minimum absolute atomic E-state index is 0.0484. The van der Waals surface area contributed by atoms with Crippen molar-refractivity contribution in [3.05, 3.63) is 46.0 Å².